The number of primary amides is 1. The largest absolute Gasteiger partial charge is 0.368 e. The van der Waals surface area contributed by atoms with Gasteiger partial charge in [-0.2, -0.15) is 4.72 Å². The minimum atomic E-state index is -4.41. The maximum atomic E-state index is 12.8. The highest BCUT2D eigenvalue weighted by molar-refractivity contribution is 7.89. The average Bonchev–Trinajstić information content (AvgIpc) is 2.54. The summed E-state index contributed by atoms with van der Waals surface area (Å²) in [5.41, 5.74) is 3.58. The Balaban J connectivity index is 2.62. The van der Waals surface area contributed by atoms with E-state index in [0.717, 1.165) is 6.07 Å². The van der Waals surface area contributed by atoms with Crippen LogP contribution in [0, 0.1) is 17.0 Å². The van der Waals surface area contributed by atoms with E-state index in [0.29, 0.717) is 5.56 Å². The molecule has 0 aliphatic carbocycles. The number of sulfonamides is 1. The summed E-state index contributed by atoms with van der Waals surface area (Å²) in [5, 5.41) is 11.2. The number of carbonyl (C=O) groups excluding carboxylic acids is 1. The molecule has 25 heavy (non-hydrogen) atoms. The van der Waals surface area contributed by atoms with E-state index in [-0.39, 0.29) is 5.56 Å². The van der Waals surface area contributed by atoms with Crippen molar-refractivity contribution in [1.29, 1.82) is 0 Å². The molecule has 1 amide bonds. The predicted molar refractivity (Wildman–Crippen MR) is 91.1 cm³/mol. The lowest BCUT2D eigenvalue weighted by atomic mass is 9.93. The van der Waals surface area contributed by atoms with Crippen molar-refractivity contribution >= 4 is 21.6 Å². The van der Waals surface area contributed by atoms with Crippen LogP contribution in [0.1, 0.15) is 18.1 Å². The smallest absolute Gasteiger partial charge is 0.289 e. The maximum Gasteiger partial charge on any atom is 0.289 e. The lowest BCUT2D eigenvalue weighted by Gasteiger charge is -2.27. The molecule has 3 N–H and O–H groups in total. The van der Waals surface area contributed by atoms with Crippen molar-refractivity contribution in [2.75, 3.05) is 0 Å². The second-order valence-electron chi connectivity index (χ2n) is 5.64. The molecule has 0 aromatic heterocycles. The van der Waals surface area contributed by atoms with Gasteiger partial charge in [-0.3, -0.25) is 14.9 Å². The standard InChI is InChI=1S/C16H17N3O5S/c1-11-7-6-10-13(19(21)22)14(11)25(23,24)18-16(2,15(17)20)12-8-4-3-5-9-12/h3-10,18H,1-2H3,(H2,17,20)/t16-/m1/s1. The summed E-state index contributed by atoms with van der Waals surface area (Å²) < 4.78 is 27.9. The summed E-state index contributed by atoms with van der Waals surface area (Å²) in [6, 6.07) is 11.9. The van der Waals surface area contributed by atoms with E-state index in [1.54, 1.807) is 30.3 Å². The van der Waals surface area contributed by atoms with Crippen molar-refractivity contribution in [3.63, 3.8) is 0 Å². The lowest BCUT2D eigenvalue weighted by molar-refractivity contribution is -0.387. The Kier molecular flexibility index (Phi) is 4.91. The number of carbonyl (C=O) groups is 1. The zero-order valence-electron chi connectivity index (χ0n) is 13.6. The molecule has 0 saturated heterocycles. The van der Waals surface area contributed by atoms with Crippen molar-refractivity contribution in [3.05, 3.63) is 69.8 Å². The normalized spacial score (nSPS) is 13.8. The predicted octanol–water partition coefficient (Wildman–Crippen LogP) is 1.58. The first-order valence-corrected chi connectivity index (χ1v) is 8.71. The summed E-state index contributed by atoms with van der Waals surface area (Å²) in [7, 11) is -4.41. The first-order valence-electron chi connectivity index (χ1n) is 7.23. The minimum Gasteiger partial charge on any atom is -0.368 e. The van der Waals surface area contributed by atoms with Crippen LogP contribution in [0.15, 0.2) is 53.4 Å². The zero-order chi connectivity index (χ0) is 18.8. The molecular weight excluding hydrogens is 346 g/mol. The van der Waals surface area contributed by atoms with Gasteiger partial charge in [-0.05, 0) is 25.0 Å². The van der Waals surface area contributed by atoms with Gasteiger partial charge < -0.3 is 5.73 Å². The molecule has 0 radical (unpaired) electrons. The molecule has 1 atom stereocenters. The molecule has 0 aliphatic heterocycles. The molecule has 0 spiro atoms. The Morgan fingerprint density at radius 1 is 1.16 bits per heavy atom. The van der Waals surface area contributed by atoms with E-state index in [9.17, 15) is 23.3 Å². The third kappa shape index (κ3) is 3.52. The van der Waals surface area contributed by atoms with E-state index in [4.69, 9.17) is 5.73 Å². The van der Waals surface area contributed by atoms with E-state index >= 15 is 0 Å². The molecule has 8 nitrogen and oxygen atoms in total. The van der Waals surface area contributed by atoms with Gasteiger partial charge in [0.15, 0.2) is 4.90 Å². The Labute approximate surface area is 144 Å². The van der Waals surface area contributed by atoms with Gasteiger partial charge in [0.1, 0.15) is 5.54 Å². The van der Waals surface area contributed by atoms with Gasteiger partial charge >= 0.3 is 0 Å². The quantitative estimate of drug-likeness (QED) is 0.594. The molecule has 2 rings (SSSR count). The third-order valence-corrected chi connectivity index (χ3v) is 5.58. The number of nitro groups is 1. The van der Waals surface area contributed by atoms with Gasteiger partial charge in [0.05, 0.1) is 4.92 Å². The fourth-order valence-electron chi connectivity index (χ4n) is 2.47. The Morgan fingerprint density at radius 3 is 2.28 bits per heavy atom. The number of nitro benzene ring substituents is 1. The highest BCUT2D eigenvalue weighted by atomic mass is 32.2. The molecule has 2 aromatic carbocycles. The molecule has 0 unspecified atom stereocenters. The van der Waals surface area contributed by atoms with E-state index in [2.05, 4.69) is 4.72 Å². The van der Waals surface area contributed by atoms with Gasteiger partial charge in [0, 0.05) is 6.07 Å². The number of nitrogens with two attached hydrogens (primary N) is 1. The topological polar surface area (TPSA) is 132 Å². The van der Waals surface area contributed by atoms with Crippen LogP contribution in [-0.2, 0) is 20.4 Å². The molecule has 0 fully saturated rings. The molecule has 9 heteroatoms. The van der Waals surface area contributed by atoms with Crippen LogP contribution in [-0.4, -0.2) is 19.2 Å². The van der Waals surface area contributed by atoms with Crippen LogP contribution in [0.3, 0.4) is 0 Å². The number of nitrogens with zero attached hydrogens (tertiary/aromatic N) is 1. The molecular formula is C16H17N3O5S. The number of aryl methyl sites for hydroxylation is 1. The fourth-order valence-corrected chi connectivity index (χ4v) is 4.24. The average molecular weight is 363 g/mol. The Morgan fingerprint density at radius 2 is 1.76 bits per heavy atom. The van der Waals surface area contributed by atoms with Gasteiger partial charge in [-0.1, -0.05) is 42.5 Å². The molecule has 0 aliphatic rings. The fraction of sp³-hybridized carbons (Fsp3) is 0.188. The molecule has 132 valence electrons. The van der Waals surface area contributed by atoms with Crippen molar-refractivity contribution in [1.82, 2.24) is 4.72 Å². The third-order valence-electron chi connectivity index (χ3n) is 3.84. The van der Waals surface area contributed by atoms with Crippen LogP contribution in [0.25, 0.3) is 0 Å². The van der Waals surface area contributed by atoms with Gasteiger partial charge in [-0.15, -0.1) is 0 Å². The van der Waals surface area contributed by atoms with Crippen LogP contribution in [0.5, 0.6) is 0 Å². The molecule has 0 saturated carbocycles. The van der Waals surface area contributed by atoms with E-state index in [1.807, 2.05) is 0 Å². The molecule has 0 bridgehead atoms. The first-order chi connectivity index (χ1) is 11.6. The summed E-state index contributed by atoms with van der Waals surface area (Å²) in [6.07, 6.45) is 0. The second kappa shape index (κ2) is 6.61. The van der Waals surface area contributed by atoms with Crippen LogP contribution in [0.4, 0.5) is 5.69 Å². The minimum absolute atomic E-state index is 0.182. The van der Waals surface area contributed by atoms with Crippen molar-refractivity contribution in [3.8, 4) is 0 Å². The Bertz CT molecular complexity index is 928. The summed E-state index contributed by atoms with van der Waals surface area (Å²) in [6.45, 7) is 2.75. The number of hydrogen-bond donors (Lipinski definition) is 2. The number of hydrogen-bond acceptors (Lipinski definition) is 5. The first kappa shape index (κ1) is 18.6. The van der Waals surface area contributed by atoms with Gasteiger partial charge in [0.25, 0.3) is 5.69 Å². The number of benzene rings is 2. The van der Waals surface area contributed by atoms with Crippen LogP contribution < -0.4 is 10.5 Å². The van der Waals surface area contributed by atoms with E-state index in [1.165, 1.54) is 26.0 Å². The van der Waals surface area contributed by atoms with Crippen molar-refractivity contribution in [2.24, 2.45) is 5.73 Å². The highest BCUT2D eigenvalue weighted by Crippen LogP contribution is 2.30. The second-order valence-corrected chi connectivity index (χ2v) is 7.26. The number of amides is 1. The molecule has 0 heterocycles. The van der Waals surface area contributed by atoms with Gasteiger partial charge in [0.2, 0.25) is 15.9 Å². The number of nitrogens with one attached hydrogen (secondary N) is 1. The van der Waals surface area contributed by atoms with Crippen LogP contribution in [0.2, 0.25) is 0 Å². The summed E-state index contributed by atoms with van der Waals surface area (Å²) in [5.74, 6) is -0.932. The monoisotopic (exact) mass is 363 g/mol. The maximum absolute atomic E-state index is 12.8. The summed E-state index contributed by atoms with van der Waals surface area (Å²) in [4.78, 5) is 21.9. The van der Waals surface area contributed by atoms with Gasteiger partial charge in [-0.25, -0.2) is 8.42 Å². The van der Waals surface area contributed by atoms with Crippen molar-refractivity contribution in [2.45, 2.75) is 24.3 Å². The number of rotatable bonds is 6. The van der Waals surface area contributed by atoms with Crippen LogP contribution >= 0.6 is 0 Å². The Hall–Kier alpha value is -2.78. The zero-order valence-corrected chi connectivity index (χ0v) is 14.4. The summed E-state index contributed by atoms with van der Waals surface area (Å²) >= 11 is 0. The van der Waals surface area contributed by atoms with E-state index < -0.39 is 37.0 Å². The lowest BCUT2D eigenvalue weighted by Crippen LogP contribution is -2.52. The molecule has 2 aromatic rings. The highest BCUT2D eigenvalue weighted by Gasteiger charge is 2.40. The SMILES string of the molecule is Cc1cccc([N+](=O)[O-])c1S(=O)(=O)N[C@@](C)(C(N)=O)c1ccccc1. The van der Waals surface area contributed by atoms with Crippen molar-refractivity contribution < 1.29 is 18.1 Å².